The zero-order chi connectivity index (χ0) is 20.4. The number of ether oxygens (including phenoxy) is 1. The van der Waals surface area contributed by atoms with Crippen molar-refractivity contribution >= 4 is 26.8 Å². The van der Waals surface area contributed by atoms with Crippen LogP contribution in [0, 0.1) is 5.92 Å². The second kappa shape index (κ2) is 8.03. The van der Waals surface area contributed by atoms with Crippen LogP contribution in [0.3, 0.4) is 0 Å². The Bertz CT molecular complexity index is 1070. The average Bonchev–Trinajstić information content (AvgIpc) is 3.37. The highest BCUT2D eigenvalue weighted by atomic mass is 32.2. The van der Waals surface area contributed by atoms with Crippen molar-refractivity contribution in [3.05, 3.63) is 36.2 Å². The molecule has 0 atom stereocenters. The molecule has 0 bridgehead atoms. The summed E-state index contributed by atoms with van der Waals surface area (Å²) in [7, 11) is -2.11. The van der Waals surface area contributed by atoms with E-state index in [0.717, 1.165) is 5.56 Å². The number of benzene rings is 1. The summed E-state index contributed by atoms with van der Waals surface area (Å²) in [5.41, 5.74) is 1.33. The minimum Gasteiger partial charge on any atom is -0.496 e. The Labute approximate surface area is 168 Å². The number of rotatable bonds is 7. The lowest BCUT2D eigenvalue weighted by atomic mass is 9.90. The lowest BCUT2D eigenvalue weighted by Gasteiger charge is -2.26. The highest BCUT2D eigenvalue weighted by Gasteiger charge is 2.32. The van der Waals surface area contributed by atoms with Gasteiger partial charge in [0.05, 0.1) is 18.9 Å². The number of fused-ring (bicyclic) bond motifs is 1. The van der Waals surface area contributed by atoms with Gasteiger partial charge in [0.1, 0.15) is 11.1 Å². The second-order valence-electron chi connectivity index (χ2n) is 7.38. The number of aliphatic hydroxyl groups excluding tert-OH is 1. The summed E-state index contributed by atoms with van der Waals surface area (Å²) < 4.78 is 41.0. The Morgan fingerprint density at radius 1 is 1.31 bits per heavy atom. The molecule has 9 nitrogen and oxygen atoms in total. The van der Waals surface area contributed by atoms with Gasteiger partial charge in [-0.25, -0.2) is 8.42 Å². The molecule has 1 fully saturated rings. The van der Waals surface area contributed by atoms with Crippen LogP contribution in [0.25, 0.3) is 11.0 Å². The van der Waals surface area contributed by atoms with Crippen molar-refractivity contribution < 1.29 is 22.8 Å². The van der Waals surface area contributed by atoms with Crippen LogP contribution in [0.4, 0.5) is 5.82 Å². The molecule has 29 heavy (non-hydrogen) atoms. The minimum absolute atomic E-state index is 0.103. The lowest BCUT2D eigenvalue weighted by molar-refractivity contribution is 0.191. The SMILES string of the molecule is COc1cc(Cn2cccn2)cc2onc(NS(=O)(=O)C3CCC(CO)CC3)c12. The summed E-state index contributed by atoms with van der Waals surface area (Å²) in [5, 5.41) is 17.4. The molecule has 0 amide bonds. The Morgan fingerprint density at radius 3 is 2.76 bits per heavy atom. The van der Waals surface area contributed by atoms with Crippen molar-refractivity contribution in [2.75, 3.05) is 18.4 Å². The van der Waals surface area contributed by atoms with E-state index in [1.807, 2.05) is 18.3 Å². The van der Waals surface area contributed by atoms with Crippen molar-refractivity contribution in [3.63, 3.8) is 0 Å². The third kappa shape index (κ3) is 4.08. The highest BCUT2D eigenvalue weighted by Crippen LogP contribution is 2.36. The van der Waals surface area contributed by atoms with Gasteiger partial charge in [-0.2, -0.15) is 5.10 Å². The van der Waals surface area contributed by atoms with Crippen LogP contribution >= 0.6 is 0 Å². The topological polar surface area (TPSA) is 119 Å². The number of sulfonamides is 1. The minimum atomic E-state index is -3.63. The van der Waals surface area contributed by atoms with Crippen LogP contribution in [0.5, 0.6) is 5.75 Å². The van der Waals surface area contributed by atoms with Crippen molar-refractivity contribution in [2.45, 2.75) is 37.5 Å². The average molecular weight is 420 g/mol. The molecule has 0 saturated heterocycles. The van der Waals surface area contributed by atoms with Gasteiger partial charge in [0.25, 0.3) is 0 Å². The molecule has 0 unspecified atom stereocenters. The number of methoxy groups -OCH3 is 1. The van der Waals surface area contributed by atoms with E-state index in [1.165, 1.54) is 7.11 Å². The van der Waals surface area contributed by atoms with Gasteiger partial charge in [0, 0.05) is 19.0 Å². The summed E-state index contributed by atoms with van der Waals surface area (Å²) in [5.74, 6) is 0.794. The van der Waals surface area contributed by atoms with E-state index in [0.29, 0.717) is 48.9 Å². The highest BCUT2D eigenvalue weighted by molar-refractivity contribution is 7.93. The largest absolute Gasteiger partial charge is 0.496 e. The quantitative estimate of drug-likeness (QED) is 0.602. The van der Waals surface area contributed by atoms with Crippen molar-refractivity contribution in [2.24, 2.45) is 5.92 Å². The van der Waals surface area contributed by atoms with E-state index >= 15 is 0 Å². The van der Waals surface area contributed by atoms with Gasteiger partial charge < -0.3 is 14.4 Å². The molecule has 2 aromatic heterocycles. The van der Waals surface area contributed by atoms with E-state index in [4.69, 9.17) is 9.26 Å². The number of nitrogens with zero attached hydrogens (tertiary/aromatic N) is 3. The fourth-order valence-electron chi connectivity index (χ4n) is 3.84. The maximum Gasteiger partial charge on any atom is 0.236 e. The number of aromatic nitrogens is 3. The predicted octanol–water partition coefficient (Wildman–Crippen LogP) is 2.37. The Hall–Kier alpha value is -2.59. The van der Waals surface area contributed by atoms with E-state index < -0.39 is 15.3 Å². The van der Waals surface area contributed by atoms with Crippen molar-refractivity contribution in [1.82, 2.24) is 14.9 Å². The van der Waals surface area contributed by atoms with Crippen molar-refractivity contribution in [1.29, 1.82) is 0 Å². The maximum atomic E-state index is 12.9. The van der Waals surface area contributed by atoms with Crippen LogP contribution in [-0.4, -0.2) is 47.4 Å². The first kappa shape index (κ1) is 19.7. The zero-order valence-electron chi connectivity index (χ0n) is 16.1. The summed E-state index contributed by atoms with van der Waals surface area (Å²) in [6.45, 7) is 0.626. The molecule has 1 saturated carbocycles. The Morgan fingerprint density at radius 2 is 2.10 bits per heavy atom. The third-order valence-electron chi connectivity index (χ3n) is 5.45. The number of anilines is 1. The van der Waals surface area contributed by atoms with Crippen LogP contribution in [0.15, 0.2) is 35.1 Å². The first-order valence-electron chi connectivity index (χ1n) is 9.56. The lowest BCUT2D eigenvalue weighted by Crippen LogP contribution is -2.32. The van der Waals surface area contributed by atoms with Crippen LogP contribution in [0.2, 0.25) is 0 Å². The Balaban J connectivity index is 1.59. The van der Waals surface area contributed by atoms with E-state index in [1.54, 1.807) is 16.9 Å². The summed E-state index contributed by atoms with van der Waals surface area (Å²) in [6.07, 6.45) is 5.97. The van der Waals surface area contributed by atoms with E-state index in [2.05, 4.69) is 15.0 Å². The molecule has 10 heteroatoms. The van der Waals surface area contributed by atoms with Crippen LogP contribution in [0.1, 0.15) is 31.2 Å². The summed E-state index contributed by atoms with van der Waals surface area (Å²) >= 11 is 0. The standard InChI is InChI=1S/C19H24N4O5S/c1-27-16-9-14(11-23-8-2-7-20-23)10-17-18(16)19(21-28-17)22-29(25,26)15-5-3-13(12-24)4-6-15/h2,7-10,13,15,24H,3-6,11-12H2,1H3,(H,21,22). The normalized spacial score (nSPS) is 20.1. The van der Waals surface area contributed by atoms with E-state index in [9.17, 15) is 13.5 Å². The molecule has 0 spiro atoms. The molecular weight excluding hydrogens is 396 g/mol. The molecule has 4 rings (SSSR count). The molecule has 3 aromatic rings. The molecule has 1 aliphatic rings. The summed E-state index contributed by atoms with van der Waals surface area (Å²) in [6, 6.07) is 5.47. The first-order valence-corrected chi connectivity index (χ1v) is 11.1. The number of hydrogen-bond donors (Lipinski definition) is 2. The molecule has 2 N–H and O–H groups in total. The molecule has 156 valence electrons. The van der Waals surface area contributed by atoms with Crippen molar-refractivity contribution in [3.8, 4) is 5.75 Å². The van der Waals surface area contributed by atoms with Gasteiger partial charge in [-0.3, -0.25) is 9.40 Å². The predicted molar refractivity (Wildman–Crippen MR) is 107 cm³/mol. The van der Waals surface area contributed by atoms with Gasteiger partial charge >= 0.3 is 0 Å². The van der Waals surface area contributed by atoms with Gasteiger partial charge in [-0.1, -0.05) is 5.16 Å². The second-order valence-corrected chi connectivity index (χ2v) is 9.34. The number of aliphatic hydroxyl groups is 1. The third-order valence-corrected chi connectivity index (χ3v) is 7.28. The summed E-state index contributed by atoms with van der Waals surface area (Å²) in [4.78, 5) is 0. The van der Waals surface area contributed by atoms with Gasteiger partial charge in [-0.15, -0.1) is 0 Å². The van der Waals surface area contributed by atoms with Crippen LogP contribution in [-0.2, 0) is 16.6 Å². The maximum absolute atomic E-state index is 12.9. The Kier molecular flexibility index (Phi) is 5.46. The smallest absolute Gasteiger partial charge is 0.236 e. The zero-order valence-corrected chi connectivity index (χ0v) is 16.9. The fraction of sp³-hybridized carbons (Fsp3) is 0.474. The van der Waals surface area contributed by atoms with Gasteiger partial charge in [0.15, 0.2) is 11.4 Å². The molecule has 0 aliphatic heterocycles. The van der Waals surface area contributed by atoms with Crippen LogP contribution < -0.4 is 9.46 Å². The molecule has 0 radical (unpaired) electrons. The number of hydrogen-bond acceptors (Lipinski definition) is 7. The van der Waals surface area contributed by atoms with E-state index in [-0.39, 0.29) is 18.3 Å². The fourth-order valence-corrected chi connectivity index (χ4v) is 5.30. The molecule has 2 heterocycles. The first-order chi connectivity index (χ1) is 14.0. The van der Waals surface area contributed by atoms with Gasteiger partial charge in [0.2, 0.25) is 10.0 Å². The molecule has 1 aliphatic carbocycles. The van der Waals surface area contributed by atoms with Gasteiger partial charge in [-0.05, 0) is 55.4 Å². The molecular formula is C19H24N4O5S. The molecule has 1 aromatic carbocycles. The monoisotopic (exact) mass is 420 g/mol. The number of nitrogens with one attached hydrogen (secondary N) is 1.